The molecule has 0 saturated carbocycles. The highest BCUT2D eigenvalue weighted by atomic mass is 16.6. The first-order chi connectivity index (χ1) is 8.50. The second-order valence-electron chi connectivity index (χ2n) is 5.07. The van der Waals surface area contributed by atoms with Crippen molar-refractivity contribution in [1.82, 2.24) is 0 Å². The molecule has 1 aromatic rings. The number of hydrogen-bond donors (Lipinski definition) is 1. The zero-order valence-corrected chi connectivity index (χ0v) is 11.4. The lowest BCUT2D eigenvalue weighted by molar-refractivity contribution is -0.384. The van der Waals surface area contributed by atoms with Gasteiger partial charge in [0, 0.05) is 24.4 Å². The maximum Gasteiger partial charge on any atom is 0.269 e. The topological polar surface area (TPSA) is 55.2 Å². The lowest BCUT2D eigenvalue weighted by Gasteiger charge is -2.09. The first kappa shape index (κ1) is 14.5. The lowest BCUT2D eigenvalue weighted by Crippen LogP contribution is -2.04. The Morgan fingerprint density at radius 1 is 1.33 bits per heavy atom. The third-order valence-electron chi connectivity index (χ3n) is 2.94. The van der Waals surface area contributed by atoms with E-state index in [9.17, 15) is 10.1 Å². The molecule has 100 valence electrons. The van der Waals surface area contributed by atoms with Crippen LogP contribution in [0.1, 0.15) is 38.7 Å². The van der Waals surface area contributed by atoms with Gasteiger partial charge in [-0.25, -0.2) is 0 Å². The number of benzene rings is 1. The molecule has 0 atom stereocenters. The van der Waals surface area contributed by atoms with Crippen LogP contribution in [-0.4, -0.2) is 11.5 Å². The molecule has 0 heterocycles. The molecule has 4 heteroatoms. The molecule has 1 rings (SSSR count). The molecule has 0 aromatic heterocycles. The number of aryl methyl sites for hydroxylation is 1. The van der Waals surface area contributed by atoms with Crippen LogP contribution >= 0.6 is 0 Å². The average Bonchev–Trinajstić information content (AvgIpc) is 2.29. The third-order valence-corrected chi connectivity index (χ3v) is 2.94. The van der Waals surface area contributed by atoms with Gasteiger partial charge >= 0.3 is 0 Å². The Morgan fingerprint density at radius 2 is 2.06 bits per heavy atom. The normalized spacial score (nSPS) is 10.7. The second kappa shape index (κ2) is 6.99. The molecule has 0 aliphatic rings. The van der Waals surface area contributed by atoms with Crippen molar-refractivity contribution >= 4 is 11.4 Å². The quantitative estimate of drug-likeness (QED) is 0.449. The molecule has 18 heavy (non-hydrogen) atoms. The molecule has 0 spiro atoms. The minimum atomic E-state index is -0.362. The smallest absolute Gasteiger partial charge is 0.269 e. The summed E-state index contributed by atoms with van der Waals surface area (Å²) in [6.45, 7) is 7.27. The Hall–Kier alpha value is -1.58. The third kappa shape index (κ3) is 4.73. The van der Waals surface area contributed by atoms with Crippen LogP contribution in [0.25, 0.3) is 0 Å². The van der Waals surface area contributed by atoms with Gasteiger partial charge in [0.25, 0.3) is 5.69 Å². The molecule has 0 aliphatic carbocycles. The SMILES string of the molecule is Cc1cc([N+](=O)[O-])ccc1NCCCCC(C)C. The molecule has 0 aliphatic heterocycles. The van der Waals surface area contributed by atoms with Gasteiger partial charge in [-0.2, -0.15) is 0 Å². The van der Waals surface area contributed by atoms with Crippen molar-refractivity contribution in [3.05, 3.63) is 33.9 Å². The van der Waals surface area contributed by atoms with Gasteiger partial charge in [0.15, 0.2) is 0 Å². The van der Waals surface area contributed by atoms with E-state index in [1.54, 1.807) is 18.2 Å². The van der Waals surface area contributed by atoms with Crippen molar-refractivity contribution < 1.29 is 4.92 Å². The summed E-state index contributed by atoms with van der Waals surface area (Å²) in [4.78, 5) is 10.3. The highest BCUT2D eigenvalue weighted by Crippen LogP contribution is 2.21. The Kier molecular flexibility index (Phi) is 5.62. The molecule has 4 nitrogen and oxygen atoms in total. The molecule has 1 aromatic carbocycles. The van der Waals surface area contributed by atoms with Gasteiger partial charge in [0.2, 0.25) is 0 Å². The van der Waals surface area contributed by atoms with Crippen molar-refractivity contribution in [2.45, 2.75) is 40.0 Å². The van der Waals surface area contributed by atoms with Gasteiger partial charge in [0.05, 0.1) is 4.92 Å². The number of rotatable bonds is 7. The Labute approximate surface area is 109 Å². The molecular formula is C14H22N2O2. The van der Waals surface area contributed by atoms with E-state index < -0.39 is 0 Å². The largest absolute Gasteiger partial charge is 0.385 e. The van der Waals surface area contributed by atoms with E-state index in [-0.39, 0.29) is 10.6 Å². The van der Waals surface area contributed by atoms with Gasteiger partial charge < -0.3 is 5.32 Å². The van der Waals surface area contributed by atoms with Crippen LogP contribution in [0, 0.1) is 23.0 Å². The highest BCUT2D eigenvalue weighted by Gasteiger charge is 2.07. The lowest BCUT2D eigenvalue weighted by atomic mass is 10.1. The first-order valence-corrected chi connectivity index (χ1v) is 6.49. The van der Waals surface area contributed by atoms with Crippen molar-refractivity contribution in [3.63, 3.8) is 0 Å². The van der Waals surface area contributed by atoms with Crippen LogP contribution in [0.2, 0.25) is 0 Å². The maximum atomic E-state index is 10.6. The van der Waals surface area contributed by atoms with Crippen molar-refractivity contribution in [3.8, 4) is 0 Å². The predicted molar refractivity (Wildman–Crippen MR) is 75.0 cm³/mol. The minimum Gasteiger partial charge on any atom is -0.385 e. The van der Waals surface area contributed by atoms with E-state index >= 15 is 0 Å². The fraction of sp³-hybridized carbons (Fsp3) is 0.571. The van der Waals surface area contributed by atoms with Crippen LogP contribution in [0.4, 0.5) is 11.4 Å². The monoisotopic (exact) mass is 250 g/mol. The van der Waals surface area contributed by atoms with E-state index in [0.29, 0.717) is 0 Å². The number of hydrogen-bond acceptors (Lipinski definition) is 3. The summed E-state index contributed by atoms with van der Waals surface area (Å²) in [5.74, 6) is 0.756. The first-order valence-electron chi connectivity index (χ1n) is 6.49. The summed E-state index contributed by atoms with van der Waals surface area (Å²) in [5.41, 5.74) is 2.07. The van der Waals surface area contributed by atoms with E-state index in [1.165, 1.54) is 12.8 Å². The average molecular weight is 250 g/mol. The van der Waals surface area contributed by atoms with Gasteiger partial charge in [-0.05, 0) is 30.9 Å². The number of anilines is 1. The van der Waals surface area contributed by atoms with Gasteiger partial charge in [0.1, 0.15) is 0 Å². The number of non-ortho nitro benzene ring substituents is 1. The number of nitrogens with one attached hydrogen (secondary N) is 1. The van der Waals surface area contributed by atoms with E-state index in [4.69, 9.17) is 0 Å². The number of unbranched alkanes of at least 4 members (excludes halogenated alkanes) is 1. The summed E-state index contributed by atoms with van der Waals surface area (Å²) in [5, 5.41) is 13.9. The molecular weight excluding hydrogens is 228 g/mol. The zero-order chi connectivity index (χ0) is 13.5. The molecule has 0 unspecified atom stereocenters. The van der Waals surface area contributed by atoms with Crippen molar-refractivity contribution in [1.29, 1.82) is 0 Å². The highest BCUT2D eigenvalue weighted by molar-refractivity contribution is 5.55. The molecule has 0 bridgehead atoms. The summed E-state index contributed by atoms with van der Waals surface area (Å²) >= 11 is 0. The van der Waals surface area contributed by atoms with Crippen LogP contribution in [0.15, 0.2) is 18.2 Å². The summed E-state index contributed by atoms with van der Waals surface area (Å²) in [6, 6.07) is 4.94. The van der Waals surface area contributed by atoms with Gasteiger partial charge in [-0.1, -0.05) is 26.7 Å². The zero-order valence-electron chi connectivity index (χ0n) is 11.4. The van der Waals surface area contributed by atoms with Crippen LogP contribution in [0.3, 0.4) is 0 Å². The van der Waals surface area contributed by atoms with E-state index in [0.717, 1.165) is 30.1 Å². The second-order valence-corrected chi connectivity index (χ2v) is 5.07. The maximum absolute atomic E-state index is 10.6. The number of nitro benzene ring substituents is 1. The number of nitrogens with zero attached hydrogens (tertiary/aromatic N) is 1. The fourth-order valence-electron chi connectivity index (χ4n) is 1.86. The van der Waals surface area contributed by atoms with Gasteiger partial charge in [-0.15, -0.1) is 0 Å². The Bertz CT molecular complexity index is 403. The molecule has 0 fully saturated rings. The molecule has 0 amide bonds. The molecule has 0 radical (unpaired) electrons. The Balaban J connectivity index is 2.41. The summed E-state index contributed by atoms with van der Waals surface area (Å²) in [6.07, 6.45) is 3.60. The Morgan fingerprint density at radius 3 is 2.61 bits per heavy atom. The fourth-order valence-corrected chi connectivity index (χ4v) is 1.86. The van der Waals surface area contributed by atoms with Crippen LogP contribution in [-0.2, 0) is 0 Å². The van der Waals surface area contributed by atoms with Crippen molar-refractivity contribution in [2.24, 2.45) is 5.92 Å². The molecule has 1 N–H and O–H groups in total. The van der Waals surface area contributed by atoms with E-state index in [2.05, 4.69) is 19.2 Å². The van der Waals surface area contributed by atoms with Gasteiger partial charge in [-0.3, -0.25) is 10.1 Å². The predicted octanol–water partition coefficient (Wildman–Crippen LogP) is 4.14. The van der Waals surface area contributed by atoms with Crippen LogP contribution < -0.4 is 5.32 Å². The van der Waals surface area contributed by atoms with Crippen LogP contribution in [0.5, 0.6) is 0 Å². The minimum absolute atomic E-state index is 0.151. The standard InChI is InChI=1S/C14H22N2O2/c1-11(2)6-4-5-9-15-14-8-7-13(16(17)18)10-12(14)3/h7-8,10-11,15H,4-6,9H2,1-3H3. The summed E-state index contributed by atoms with van der Waals surface area (Å²) < 4.78 is 0. The van der Waals surface area contributed by atoms with Crippen molar-refractivity contribution in [2.75, 3.05) is 11.9 Å². The summed E-state index contributed by atoms with van der Waals surface area (Å²) in [7, 11) is 0. The molecule has 0 saturated heterocycles. The number of nitro groups is 1. The van der Waals surface area contributed by atoms with E-state index in [1.807, 2.05) is 6.92 Å².